The first-order chi connectivity index (χ1) is 3.39. The summed E-state index contributed by atoms with van der Waals surface area (Å²) in [5.74, 6) is 0. The van der Waals surface area contributed by atoms with E-state index in [0.717, 1.165) is 0 Å². The summed E-state index contributed by atoms with van der Waals surface area (Å²) in [4.78, 5) is 0. The third kappa shape index (κ3) is 1.37. The first kappa shape index (κ1) is 4.94. The normalized spacial score (nSPS) is 28.4. The van der Waals surface area contributed by atoms with Gasteiger partial charge in [0, 0.05) is 0 Å². The summed E-state index contributed by atoms with van der Waals surface area (Å²) in [6.07, 6.45) is 6.15. The van der Waals surface area contributed by atoms with Crippen LogP contribution in [0.15, 0.2) is 17.6 Å². The smallest absolute Gasteiger partial charge is 0.123 e. The summed E-state index contributed by atoms with van der Waals surface area (Å²) in [5, 5.41) is 10.5. The maximum Gasteiger partial charge on any atom is 0.123 e. The molecule has 2 heteroatoms. The number of thioether (sulfide) groups is 1. The molecule has 0 spiro atoms. The SMILES string of the molecule is OC1C=[C]C=CS1. The van der Waals surface area contributed by atoms with Crippen LogP contribution < -0.4 is 0 Å². The van der Waals surface area contributed by atoms with E-state index in [4.69, 9.17) is 5.11 Å². The molecular weight excluding hydrogens is 108 g/mol. The second-order valence-electron chi connectivity index (χ2n) is 1.16. The Hall–Kier alpha value is -0.210. The van der Waals surface area contributed by atoms with Crippen LogP contribution in [0, 0.1) is 6.08 Å². The van der Waals surface area contributed by atoms with Crippen LogP contribution >= 0.6 is 11.8 Å². The molecule has 1 unspecified atom stereocenters. The molecule has 0 bridgehead atoms. The molecule has 1 nitrogen and oxygen atoms in total. The highest BCUT2D eigenvalue weighted by molar-refractivity contribution is 8.02. The zero-order chi connectivity index (χ0) is 5.11. The summed E-state index contributed by atoms with van der Waals surface area (Å²) in [6.45, 7) is 0. The van der Waals surface area contributed by atoms with Gasteiger partial charge < -0.3 is 5.11 Å². The summed E-state index contributed by atoms with van der Waals surface area (Å²) in [6, 6.07) is 0. The van der Waals surface area contributed by atoms with Crippen LogP contribution in [0.25, 0.3) is 0 Å². The van der Waals surface area contributed by atoms with E-state index in [-0.39, 0.29) is 5.44 Å². The van der Waals surface area contributed by atoms with Crippen molar-refractivity contribution in [2.45, 2.75) is 5.44 Å². The van der Waals surface area contributed by atoms with Gasteiger partial charge in [-0.1, -0.05) is 11.8 Å². The lowest BCUT2D eigenvalue weighted by molar-refractivity contribution is 0.310. The molecule has 1 radical (unpaired) electrons. The topological polar surface area (TPSA) is 20.2 Å². The predicted octanol–water partition coefficient (Wildman–Crippen LogP) is 0.925. The highest BCUT2D eigenvalue weighted by atomic mass is 32.2. The van der Waals surface area contributed by atoms with Crippen LogP contribution in [0.1, 0.15) is 0 Å². The van der Waals surface area contributed by atoms with Gasteiger partial charge in [-0.05, 0) is 23.6 Å². The number of aliphatic hydroxyl groups is 1. The third-order valence-corrected chi connectivity index (χ3v) is 1.33. The van der Waals surface area contributed by atoms with Crippen molar-refractivity contribution >= 4 is 11.8 Å². The first-order valence-corrected chi connectivity index (χ1v) is 2.92. The van der Waals surface area contributed by atoms with Gasteiger partial charge in [0.05, 0.1) is 0 Å². The van der Waals surface area contributed by atoms with E-state index in [1.807, 2.05) is 5.41 Å². The largest absolute Gasteiger partial charge is 0.378 e. The monoisotopic (exact) mass is 113 g/mol. The van der Waals surface area contributed by atoms with Crippen molar-refractivity contribution < 1.29 is 5.11 Å². The highest BCUT2D eigenvalue weighted by Gasteiger charge is 1.96. The van der Waals surface area contributed by atoms with Crippen molar-refractivity contribution in [3.63, 3.8) is 0 Å². The summed E-state index contributed by atoms with van der Waals surface area (Å²) < 4.78 is 0. The van der Waals surface area contributed by atoms with Crippen LogP contribution in [0.2, 0.25) is 0 Å². The number of rotatable bonds is 0. The lowest BCUT2D eigenvalue weighted by Crippen LogP contribution is -1.93. The Bertz CT molecular complexity index is 107. The number of aliphatic hydroxyl groups excluding tert-OH is 1. The second kappa shape index (κ2) is 2.19. The molecule has 1 aliphatic rings. The molecule has 0 aromatic heterocycles. The Morgan fingerprint density at radius 1 is 1.71 bits per heavy atom. The summed E-state index contributed by atoms with van der Waals surface area (Å²) in [5.41, 5.74) is -0.370. The van der Waals surface area contributed by atoms with Crippen LogP contribution in [0.4, 0.5) is 0 Å². The van der Waals surface area contributed by atoms with Gasteiger partial charge in [-0.15, -0.1) is 0 Å². The molecule has 7 heavy (non-hydrogen) atoms. The van der Waals surface area contributed by atoms with E-state index in [1.165, 1.54) is 11.8 Å². The Balaban J connectivity index is 2.49. The van der Waals surface area contributed by atoms with Gasteiger partial charge in [-0.25, -0.2) is 0 Å². The zero-order valence-electron chi connectivity index (χ0n) is 3.66. The molecular formula is C5H5OS. The first-order valence-electron chi connectivity index (χ1n) is 1.97. The van der Waals surface area contributed by atoms with Crippen molar-refractivity contribution in [2.75, 3.05) is 0 Å². The molecule has 0 saturated carbocycles. The Morgan fingerprint density at radius 2 is 2.57 bits per heavy atom. The van der Waals surface area contributed by atoms with E-state index in [2.05, 4.69) is 6.08 Å². The van der Waals surface area contributed by atoms with Crippen LogP contribution in [0.5, 0.6) is 0 Å². The standard InChI is InChI=1S/C5H5OS/c6-5-3-1-2-4-7-5/h2-6H. The van der Waals surface area contributed by atoms with E-state index >= 15 is 0 Å². The minimum Gasteiger partial charge on any atom is -0.378 e. The minimum absolute atomic E-state index is 0.370. The quantitative estimate of drug-likeness (QED) is 0.504. The molecule has 0 amide bonds. The molecule has 1 heterocycles. The van der Waals surface area contributed by atoms with Gasteiger partial charge >= 0.3 is 0 Å². The number of hydrogen-bond donors (Lipinski definition) is 1. The lowest BCUT2D eigenvalue weighted by Gasteiger charge is -2.00. The highest BCUT2D eigenvalue weighted by Crippen LogP contribution is 2.13. The fourth-order valence-corrected chi connectivity index (χ4v) is 0.811. The average Bonchev–Trinajstić information content (AvgIpc) is 1.69. The van der Waals surface area contributed by atoms with Gasteiger partial charge in [-0.2, -0.15) is 0 Å². The molecule has 0 fully saturated rings. The van der Waals surface area contributed by atoms with E-state index in [0.29, 0.717) is 0 Å². The number of hydrogen-bond acceptors (Lipinski definition) is 2. The molecule has 1 rings (SSSR count). The fourth-order valence-electron chi connectivity index (χ4n) is 0.336. The summed E-state index contributed by atoms with van der Waals surface area (Å²) >= 11 is 1.37. The van der Waals surface area contributed by atoms with Crippen LogP contribution in [-0.2, 0) is 0 Å². The molecule has 0 saturated heterocycles. The Kier molecular flexibility index (Phi) is 1.54. The molecule has 0 aromatic carbocycles. The van der Waals surface area contributed by atoms with Crippen molar-refractivity contribution in [2.24, 2.45) is 0 Å². The maximum absolute atomic E-state index is 8.70. The average molecular weight is 113 g/mol. The molecule has 37 valence electrons. The van der Waals surface area contributed by atoms with E-state index in [1.54, 1.807) is 12.2 Å². The Morgan fingerprint density at radius 3 is 2.86 bits per heavy atom. The lowest BCUT2D eigenvalue weighted by atomic mass is 10.5. The van der Waals surface area contributed by atoms with Crippen molar-refractivity contribution in [1.82, 2.24) is 0 Å². The number of allylic oxidation sites excluding steroid dienone is 2. The van der Waals surface area contributed by atoms with Crippen molar-refractivity contribution in [1.29, 1.82) is 0 Å². The summed E-state index contributed by atoms with van der Waals surface area (Å²) in [7, 11) is 0. The molecule has 0 aliphatic carbocycles. The van der Waals surface area contributed by atoms with Crippen molar-refractivity contribution in [3.8, 4) is 0 Å². The zero-order valence-corrected chi connectivity index (χ0v) is 4.48. The molecule has 0 aromatic rings. The van der Waals surface area contributed by atoms with Gasteiger partial charge in [0.15, 0.2) is 0 Å². The van der Waals surface area contributed by atoms with Crippen LogP contribution in [-0.4, -0.2) is 10.5 Å². The Labute approximate surface area is 46.7 Å². The van der Waals surface area contributed by atoms with Gasteiger partial charge in [0.2, 0.25) is 0 Å². The fraction of sp³-hybridized carbons (Fsp3) is 0.200. The third-order valence-electron chi connectivity index (χ3n) is 0.621. The van der Waals surface area contributed by atoms with Gasteiger partial charge in [0.25, 0.3) is 0 Å². The molecule has 1 N–H and O–H groups in total. The second-order valence-corrected chi connectivity index (χ2v) is 2.19. The maximum atomic E-state index is 8.70. The van der Waals surface area contributed by atoms with Crippen LogP contribution in [0.3, 0.4) is 0 Å². The van der Waals surface area contributed by atoms with Gasteiger partial charge in [0.1, 0.15) is 5.44 Å². The van der Waals surface area contributed by atoms with E-state index < -0.39 is 0 Å². The van der Waals surface area contributed by atoms with Crippen molar-refractivity contribution in [3.05, 3.63) is 23.6 Å². The molecule has 1 aliphatic heterocycles. The van der Waals surface area contributed by atoms with Gasteiger partial charge in [-0.3, -0.25) is 0 Å². The molecule has 1 atom stereocenters. The van der Waals surface area contributed by atoms with E-state index in [9.17, 15) is 0 Å². The minimum atomic E-state index is -0.370. The predicted molar refractivity (Wildman–Crippen MR) is 30.6 cm³/mol.